The van der Waals surface area contributed by atoms with E-state index in [9.17, 15) is 22.8 Å². The van der Waals surface area contributed by atoms with Crippen LogP contribution in [0.5, 0.6) is 0 Å². The van der Waals surface area contributed by atoms with Gasteiger partial charge in [0.2, 0.25) is 5.91 Å². The molecule has 1 aromatic carbocycles. The van der Waals surface area contributed by atoms with Gasteiger partial charge in [-0.05, 0) is 50.5 Å². The molecule has 46 heavy (non-hydrogen) atoms. The molecule has 3 aromatic heterocycles. The Morgan fingerprint density at radius 3 is 2.63 bits per heavy atom. The van der Waals surface area contributed by atoms with Gasteiger partial charge in [0, 0.05) is 35.1 Å². The Labute approximate surface area is 264 Å². The fourth-order valence-electron chi connectivity index (χ4n) is 5.45. The average Bonchev–Trinajstić information content (AvgIpc) is 3.48. The molecule has 13 heteroatoms. The number of pyridine rings is 2. The fraction of sp³-hybridized carbons (Fsp3) is 0.364. The van der Waals surface area contributed by atoms with Gasteiger partial charge in [-0.3, -0.25) is 14.7 Å². The van der Waals surface area contributed by atoms with E-state index in [0.717, 1.165) is 36.7 Å². The van der Waals surface area contributed by atoms with Gasteiger partial charge in [-0.25, -0.2) is 9.97 Å². The molecule has 0 saturated heterocycles. The van der Waals surface area contributed by atoms with Crippen molar-refractivity contribution in [1.82, 2.24) is 25.5 Å². The minimum atomic E-state index is -4.55. The summed E-state index contributed by atoms with van der Waals surface area (Å²) in [4.78, 5) is 33.1. The highest BCUT2D eigenvalue weighted by Crippen LogP contribution is 2.33. The van der Waals surface area contributed by atoms with Crippen LogP contribution in [0.2, 0.25) is 0 Å². The van der Waals surface area contributed by atoms with Gasteiger partial charge in [-0.2, -0.15) is 18.3 Å². The number of nitrogens with one attached hydrogen (secondary N) is 3. The number of anilines is 2. The minimum absolute atomic E-state index is 0.0324. The number of carbonyl (C=O) groups excluding carboxylic acids is 2. The molecule has 1 unspecified atom stereocenters. The Morgan fingerprint density at radius 1 is 1.13 bits per heavy atom. The van der Waals surface area contributed by atoms with Gasteiger partial charge in [0.1, 0.15) is 17.2 Å². The predicted octanol–water partition coefficient (Wildman–Crippen LogP) is 6.52. The van der Waals surface area contributed by atoms with Crippen molar-refractivity contribution in [2.24, 2.45) is 0 Å². The van der Waals surface area contributed by atoms with Crippen molar-refractivity contribution in [1.29, 1.82) is 0 Å². The molecule has 10 nitrogen and oxygen atoms in total. The van der Waals surface area contributed by atoms with E-state index in [4.69, 9.17) is 10.5 Å². The van der Waals surface area contributed by atoms with Crippen molar-refractivity contribution in [2.75, 3.05) is 17.7 Å². The summed E-state index contributed by atoms with van der Waals surface area (Å²) in [6.45, 7) is 2.35. The van der Waals surface area contributed by atoms with Crippen LogP contribution in [-0.4, -0.2) is 50.7 Å². The van der Waals surface area contributed by atoms with Crippen LogP contribution in [0.4, 0.5) is 24.8 Å². The van der Waals surface area contributed by atoms with Crippen LogP contribution in [0.15, 0.2) is 54.9 Å². The Balaban J connectivity index is 1.18. The van der Waals surface area contributed by atoms with Crippen molar-refractivity contribution < 1.29 is 27.5 Å². The third kappa shape index (κ3) is 8.27. The number of carbonyl (C=O) groups is 2. The SMILES string of the molecule is CC(CC(=O)NC1CCCCC1)OCC/C=C/c1cnc(N)c2c(-c3ccc(C(=O)Nc4cc(C(F)(F)F)ccn4)cc3)[nH]nc12. The van der Waals surface area contributed by atoms with E-state index in [2.05, 4.69) is 30.8 Å². The van der Waals surface area contributed by atoms with Crippen molar-refractivity contribution in [2.45, 2.75) is 70.2 Å². The molecule has 1 atom stereocenters. The molecule has 1 saturated carbocycles. The summed E-state index contributed by atoms with van der Waals surface area (Å²) >= 11 is 0. The maximum Gasteiger partial charge on any atom is 0.416 e. The normalized spacial score (nSPS) is 14.9. The molecule has 2 amide bonds. The van der Waals surface area contributed by atoms with E-state index in [-0.39, 0.29) is 35.3 Å². The number of nitrogens with two attached hydrogens (primary N) is 1. The summed E-state index contributed by atoms with van der Waals surface area (Å²) < 4.78 is 44.8. The molecule has 1 fully saturated rings. The van der Waals surface area contributed by atoms with Gasteiger partial charge in [0.25, 0.3) is 5.91 Å². The minimum Gasteiger partial charge on any atom is -0.383 e. The molecule has 5 rings (SSSR count). The first-order valence-corrected chi connectivity index (χ1v) is 15.2. The molecular formula is C33H36F3N7O3. The number of amides is 2. The van der Waals surface area contributed by atoms with E-state index in [1.807, 2.05) is 19.1 Å². The Bertz CT molecular complexity index is 1700. The summed E-state index contributed by atoms with van der Waals surface area (Å²) in [5, 5.41) is 13.6. The number of hydrogen-bond donors (Lipinski definition) is 4. The van der Waals surface area contributed by atoms with Crippen LogP contribution in [0, 0.1) is 0 Å². The Kier molecular flexibility index (Phi) is 10.3. The smallest absolute Gasteiger partial charge is 0.383 e. The van der Waals surface area contributed by atoms with Gasteiger partial charge in [0.05, 0.1) is 35.8 Å². The summed E-state index contributed by atoms with van der Waals surface area (Å²) in [5.74, 6) is -0.509. The van der Waals surface area contributed by atoms with E-state index in [1.54, 1.807) is 30.5 Å². The second kappa shape index (κ2) is 14.5. The first-order chi connectivity index (χ1) is 22.1. The maximum atomic E-state index is 13.0. The van der Waals surface area contributed by atoms with Crippen molar-refractivity contribution in [3.05, 3.63) is 71.6 Å². The second-order valence-corrected chi connectivity index (χ2v) is 11.4. The first-order valence-electron chi connectivity index (χ1n) is 15.2. The number of halogens is 3. The van der Waals surface area contributed by atoms with Crippen LogP contribution in [0.25, 0.3) is 28.2 Å². The van der Waals surface area contributed by atoms with Crippen LogP contribution in [0.3, 0.4) is 0 Å². The molecule has 0 aliphatic heterocycles. The number of rotatable bonds is 11. The quantitative estimate of drug-likeness (QED) is 0.137. The highest BCUT2D eigenvalue weighted by atomic mass is 19.4. The number of nitrogen functional groups attached to an aromatic ring is 1. The van der Waals surface area contributed by atoms with Crippen LogP contribution in [0.1, 0.15) is 73.4 Å². The molecule has 4 aromatic rings. The zero-order chi connectivity index (χ0) is 32.7. The molecule has 1 aliphatic rings. The number of H-pyrrole nitrogens is 1. The molecule has 1 aliphatic carbocycles. The van der Waals surface area contributed by atoms with Crippen LogP contribution >= 0.6 is 0 Å². The van der Waals surface area contributed by atoms with Gasteiger partial charge < -0.3 is 21.1 Å². The summed E-state index contributed by atoms with van der Waals surface area (Å²) in [6, 6.07) is 8.33. The summed E-state index contributed by atoms with van der Waals surface area (Å²) in [5.41, 5.74) is 8.19. The molecule has 242 valence electrons. The lowest BCUT2D eigenvalue weighted by molar-refractivity contribution is -0.137. The number of aromatic amines is 1. The Hall–Kier alpha value is -4.78. The van der Waals surface area contributed by atoms with Crippen LogP contribution < -0.4 is 16.4 Å². The third-order valence-corrected chi connectivity index (χ3v) is 7.83. The molecule has 0 bridgehead atoms. The van der Waals surface area contributed by atoms with E-state index in [1.165, 1.54) is 19.3 Å². The van der Waals surface area contributed by atoms with Crippen LogP contribution in [-0.2, 0) is 15.7 Å². The van der Waals surface area contributed by atoms with Gasteiger partial charge >= 0.3 is 6.18 Å². The van der Waals surface area contributed by atoms with Gasteiger partial charge in [0.15, 0.2) is 0 Å². The molecule has 3 heterocycles. The standard InChI is InChI=1S/C33H36F3N7O3/c1-20(17-27(44)40-25-8-3-2-4-9-25)46-16-6-5-7-23-19-39-31(37)28-29(42-43-30(23)28)21-10-12-22(13-11-21)32(45)41-26-18-24(14-15-38-26)33(34,35)36/h5,7,10-15,18-20,25H,2-4,6,8-9,16-17H2,1H3,(H2,37,39)(H,40,44)(H,42,43)(H,38,41,45)/b7-5+. The number of ether oxygens (including phenoxy) is 1. The van der Waals surface area contributed by atoms with Gasteiger partial charge in [-0.15, -0.1) is 0 Å². The zero-order valence-corrected chi connectivity index (χ0v) is 25.4. The molecule has 0 spiro atoms. The Morgan fingerprint density at radius 2 is 1.89 bits per heavy atom. The largest absolute Gasteiger partial charge is 0.416 e. The number of alkyl halides is 3. The number of fused-ring (bicyclic) bond motifs is 1. The number of aromatic nitrogens is 4. The zero-order valence-electron chi connectivity index (χ0n) is 25.4. The number of benzene rings is 1. The average molecular weight is 636 g/mol. The first kappa shape index (κ1) is 32.6. The topological polar surface area (TPSA) is 148 Å². The summed E-state index contributed by atoms with van der Waals surface area (Å²) in [6.07, 6.45) is 8.35. The van der Waals surface area contributed by atoms with Crippen molar-refractivity contribution in [3.8, 4) is 11.3 Å². The van der Waals surface area contributed by atoms with E-state index >= 15 is 0 Å². The highest BCUT2D eigenvalue weighted by Gasteiger charge is 2.31. The second-order valence-electron chi connectivity index (χ2n) is 11.4. The molecule has 5 N–H and O–H groups in total. The van der Waals surface area contributed by atoms with Crippen molar-refractivity contribution in [3.63, 3.8) is 0 Å². The lowest BCUT2D eigenvalue weighted by atomic mass is 9.95. The number of hydrogen-bond acceptors (Lipinski definition) is 7. The molecule has 0 radical (unpaired) electrons. The highest BCUT2D eigenvalue weighted by molar-refractivity contribution is 6.05. The van der Waals surface area contributed by atoms with E-state index in [0.29, 0.717) is 41.6 Å². The summed E-state index contributed by atoms with van der Waals surface area (Å²) in [7, 11) is 0. The maximum absolute atomic E-state index is 13.0. The third-order valence-electron chi connectivity index (χ3n) is 7.83. The monoisotopic (exact) mass is 635 g/mol. The lowest BCUT2D eigenvalue weighted by Gasteiger charge is -2.23. The van der Waals surface area contributed by atoms with E-state index < -0.39 is 17.6 Å². The fourth-order valence-corrected chi connectivity index (χ4v) is 5.45. The van der Waals surface area contributed by atoms with Gasteiger partial charge in [-0.1, -0.05) is 43.5 Å². The lowest BCUT2D eigenvalue weighted by Crippen LogP contribution is -2.37. The predicted molar refractivity (Wildman–Crippen MR) is 170 cm³/mol. The van der Waals surface area contributed by atoms with Crippen molar-refractivity contribution >= 4 is 40.4 Å². The molecular weight excluding hydrogens is 599 g/mol. The number of nitrogens with zero attached hydrogens (tertiary/aromatic N) is 3.